The van der Waals surface area contributed by atoms with Gasteiger partial charge >= 0.3 is 6.03 Å². The molecular weight excluding hydrogens is 428 g/mol. The topological polar surface area (TPSA) is 81.7 Å². The van der Waals surface area contributed by atoms with Crippen molar-refractivity contribution in [3.8, 4) is 11.3 Å². The molecule has 0 aliphatic carbocycles. The zero-order valence-electron chi connectivity index (χ0n) is 21.1. The van der Waals surface area contributed by atoms with Gasteiger partial charge in [-0.2, -0.15) is 0 Å². The van der Waals surface area contributed by atoms with Crippen molar-refractivity contribution in [1.82, 2.24) is 25.3 Å². The van der Waals surface area contributed by atoms with Crippen LogP contribution in [-0.4, -0.2) is 76.7 Å². The third kappa shape index (κ3) is 6.68. The van der Waals surface area contributed by atoms with E-state index in [2.05, 4.69) is 51.6 Å². The summed E-state index contributed by atoms with van der Waals surface area (Å²) in [6, 6.07) is 12.1. The number of nitrogens with zero attached hydrogens (tertiary/aromatic N) is 5. The Labute approximate surface area is 203 Å². The van der Waals surface area contributed by atoms with Crippen molar-refractivity contribution >= 4 is 17.8 Å². The highest BCUT2D eigenvalue weighted by atomic mass is 16.2. The first-order valence-electron chi connectivity index (χ1n) is 12.3. The standard InChI is InChI=1S/C26H38N6O2/c1-6-21(5)32(26(34)27-19(2)3)18-25(33)31-15-7-14-30(16-17-31)24-13-12-23(28-29-24)22-10-8-20(4)9-11-22/h8-13,19,21H,6-7,14-18H2,1-5H3,(H,27,34)/t21-/m0/s1. The lowest BCUT2D eigenvalue weighted by Gasteiger charge is -2.31. The molecule has 1 fully saturated rings. The molecule has 8 heteroatoms. The van der Waals surface area contributed by atoms with Crippen molar-refractivity contribution in [3.63, 3.8) is 0 Å². The Bertz CT molecular complexity index is 945. The minimum absolute atomic E-state index is 0.00602. The van der Waals surface area contributed by atoms with Crippen LogP contribution in [0.1, 0.15) is 46.1 Å². The Kier molecular flexibility index (Phi) is 8.85. The molecule has 1 saturated heterocycles. The van der Waals surface area contributed by atoms with E-state index >= 15 is 0 Å². The maximum absolute atomic E-state index is 13.1. The Morgan fingerprint density at radius 3 is 2.35 bits per heavy atom. The van der Waals surface area contributed by atoms with E-state index in [1.54, 1.807) is 4.90 Å². The van der Waals surface area contributed by atoms with Crippen molar-refractivity contribution in [2.24, 2.45) is 0 Å². The number of urea groups is 1. The average Bonchev–Trinajstić information content (AvgIpc) is 3.08. The summed E-state index contributed by atoms with van der Waals surface area (Å²) in [5, 5.41) is 11.8. The molecular formula is C26H38N6O2. The van der Waals surface area contributed by atoms with Gasteiger partial charge in [-0.1, -0.05) is 36.8 Å². The Morgan fingerprint density at radius 2 is 1.74 bits per heavy atom. The van der Waals surface area contributed by atoms with Crippen molar-refractivity contribution < 1.29 is 9.59 Å². The van der Waals surface area contributed by atoms with Crippen LogP contribution in [0.5, 0.6) is 0 Å². The zero-order valence-corrected chi connectivity index (χ0v) is 21.1. The summed E-state index contributed by atoms with van der Waals surface area (Å²) >= 11 is 0. The first-order valence-corrected chi connectivity index (χ1v) is 12.3. The lowest BCUT2D eigenvalue weighted by molar-refractivity contribution is -0.132. The van der Waals surface area contributed by atoms with Gasteiger partial charge < -0.3 is 20.0 Å². The maximum Gasteiger partial charge on any atom is 0.318 e. The number of benzene rings is 1. The molecule has 3 amide bonds. The fourth-order valence-corrected chi connectivity index (χ4v) is 3.99. The first kappa shape index (κ1) is 25.5. The van der Waals surface area contributed by atoms with Gasteiger partial charge in [-0.05, 0) is 52.7 Å². The molecule has 0 saturated carbocycles. The molecule has 184 valence electrons. The van der Waals surface area contributed by atoms with Gasteiger partial charge in [0.1, 0.15) is 6.54 Å². The molecule has 2 aromatic rings. The van der Waals surface area contributed by atoms with Gasteiger partial charge in [0.15, 0.2) is 5.82 Å². The summed E-state index contributed by atoms with van der Waals surface area (Å²) in [4.78, 5) is 31.4. The SMILES string of the molecule is CC[C@H](C)N(CC(=O)N1CCCN(c2ccc(-c3ccc(C)cc3)nn2)CC1)C(=O)NC(C)C. The van der Waals surface area contributed by atoms with Gasteiger partial charge in [0.05, 0.1) is 5.69 Å². The Hall–Kier alpha value is -3.16. The second kappa shape index (κ2) is 11.8. The van der Waals surface area contributed by atoms with Gasteiger partial charge in [0, 0.05) is 43.8 Å². The van der Waals surface area contributed by atoms with Crippen LogP contribution in [0.2, 0.25) is 0 Å². The number of aromatic nitrogens is 2. The largest absolute Gasteiger partial charge is 0.353 e. The number of aryl methyl sites for hydroxylation is 1. The van der Waals surface area contributed by atoms with E-state index in [0.717, 1.165) is 36.5 Å². The number of carbonyl (C=O) groups is 2. The van der Waals surface area contributed by atoms with E-state index in [1.165, 1.54) is 5.56 Å². The normalized spacial score (nSPS) is 15.1. The van der Waals surface area contributed by atoms with Crippen LogP contribution in [0.25, 0.3) is 11.3 Å². The van der Waals surface area contributed by atoms with Gasteiger partial charge in [0.25, 0.3) is 0 Å². The van der Waals surface area contributed by atoms with Gasteiger partial charge in [0.2, 0.25) is 5.91 Å². The highest BCUT2D eigenvalue weighted by molar-refractivity contribution is 5.84. The van der Waals surface area contributed by atoms with Crippen molar-refractivity contribution in [2.75, 3.05) is 37.6 Å². The third-order valence-corrected chi connectivity index (χ3v) is 6.27. The molecule has 0 spiro atoms. The van der Waals surface area contributed by atoms with E-state index in [9.17, 15) is 9.59 Å². The highest BCUT2D eigenvalue weighted by Gasteiger charge is 2.26. The summed E-state index contributed by atoms with van der Waals surface area (Å²) in [5.74, 6) is 0.810. The van der Waals surface area contributed by atoms with Crippen LogP contribution in [0.3, 0.4) is 0 Å². The number of rotatable bonds is 7. The summed E-state index contributed by atoms with van der Waals surface area (Å²) in [5.41, 5.74) is 3.11. The predicted molar refractivity (Wildman–Crippen MR) is 136 cm³/mol. The van der Waals surface area contributed by atoms with E-state index in [-0.39, 0.29) is 30.6 Å². The fraction of sp³-hybridized carbons (Fsp3) is 0.538. The van der Waals surface area contributed by atoms with Gasteiger partial charge in [-0.15, -0.1) is 10.2 Å². The number of nitrogens with one attached hydrogen (secondary N) is 1. The molecule has 1 aromatic heterocycles. The number of amides is 3. The quantitative estimate of drug-likeness (QED) is 0.673. The summed E-state index contributed by atoms with van der Waals surface area (Å²) < 4.78 is 0. The predicted octanol–water partition coefficient (Wildman–Crippen LogP) is 3.71. The Balaban J connectivity index is 1.61. The monoisotopic (exact) mass is 466 g/mol. The third-order valence-electron chi connectivity index (χ3n) is 6.27. The van der Waals surface area contributed by atoms with Gasteiger partial charge in [-0.25, -0.2) is 4.79 Å². The van der Waals surface area contributed by atoms with Crippen LogP contribution in [0.4, 0.5) is 10.6 Å². The second-order valence-corrected chi connectivity index (χ2v) is 9.35. The molecule has 0 radical (unpaired) electrons. The van der Waals surface area contributed by atoms with Crippen LogP contribution in [-0.2, 0) is 4.79 Å². The number of carbonyl (C=O) groups excluding carboxylic acids is 2. The van der Waals surface area contributed by atoms with Crippen molar-refractivity contribution in [2.45, 2.75) is 59.5 Å². The van der Waals surface area contributed by atoms with E-state index in [4.69, 9.17) is 0 Å². The summed E-state index contributed by atoms with van der Waals surface area (Å²) in [6.45, 7) is 12.8. The summed E-state index contributed by atoms with van der Waals surface area (Å²) in [6.07, 6.45) is 1.64. The van der Waals surface area contributed by atoms with E-state index < -0.39 is 0 Å². The molecule has 0 bridgehead atoms. The van der Waals surface area contributed by atoms with Gasteiger partial charge in [-0.3, -0.25) is 4.79 Å². The molecule has 2 heterocycles. The minimum atomic E-state index is -0.182. The average molecular weight is 467 g/mol. The highest BCUT2D eigenvalue weighted by Crippen LogP contribution is 2.20. The Morgan fingerprint density at radius 1 is 1.00 bits per heavy atom. The van der Waals surface area contributed by atoms with Crippen LogP contribution in [0, 0.1) is 6.92 Å². The zero-order chi connectivity index (χ0) is 24.7. The van der Waals surface area contributed by atoms with Crippen LogP contribution in [0.15, 0.2) is 36.4 Å². The number of hydrogen-bond acceptors (Lipinski definition) is 5. The minimum Gasteiger partial charge on any atom is -0.353 e. The molecule has 34 heavy (non-hydrogen) atoms. The molecule has 8 nitrogen and oxygen atoms in total. The molecule has 1 aromatic carbocycles. The maximum atomic E-state index is 13.1. The molecule has 1 N–H and O–H groups in total. The van der Waals surface area contributed by atoms with E-state index in [0.29, 0.717) is 19.6 Å². The second-order valence-electron chi connectivity index (χ2n) is 9.35. The van der Waals surface area contributed by atoms with Crippen molar-refractivity contribution in [1.29, 1.82) is 0 Å². The molecule has 1 aliphatic heterocycles. The van der Waals surface area contributed by atoms with Crippen molar-refractivity contribution in [3.05, 3.63) is 42.0 Å². The number of anilines is 1. The van der Waals surface area contributed by atoms with Crippen LogP contribution < -0.4 is 10.2 Å². The van der Waals surface area contributed by atoms with Crippen LogP contribution >= 0.6 is 0 Å². The summed E-state index contributed by atoms with van der Waals surface area (Å²) in [7, 11) is 0. The fourth-order valence-electron chi connectivity index (χ4n) is 3.99. The first-order chi connectivity index (χ1) is 16.3. The molecule has 1 aliphatic rings. The number of hydrogen-bond donors (Lipinski definition) is 1. The van der Waals surface area contributed by atoms with E-state index in [1.807, 2.05) is 44.7 Å². The molecule has 1 atom stereocenters. The molecule has 3 rings (SSSR count). The lowest BCUT2D eigenvalue weighted by atomic mass is 10.1. The molecule has 0 unspecified atom stereocenters. The lowest BCUT2D eigenvalue weighted by Crippen LogP contribution is -2.51. The smallest absolute Gasteiger partial charge is 0.318 e.